The van der Waals surface area contributed by atoms with Crippen LogP contribution in [0.3, 0.4) is 0 Å². The van der Waals surface area contributed by atoms with Crippen LogP contribution >= 0.6 is 12.2 Å². The third-order valence-corrected chi connectivity index (χ3v) is 4.51. The standard InChI is InChI=1S/C12H21N3OS/c17-12-13-10-3-1-2-4-11(10)15(12)9-14-5-7-16-8-6-14/h10-11H,1-9H2,(H,13,17)/t10-,11+/m0/s1. The second-order valence-electron chi connectivity index (χ2n) is 5.25. The smallest absolute Gasteiger partial charge is 0.170 e. The topological polar surface area (TPSA) is 27.7 Å². The van der Waals surface area contributed by atoms with Crippen molar-refractivity contribution in [2.75, 3.05) is 33.0 Å². The van der Waals surface area contributed by atoms with E-state index in [1.807, 2.05) is 0 Å². The van der Waals surface area contributed by atoms with Crippen LogP contribution < -0.4 is 5.32 Å². The van der Waals surface area contributed by atoms with Gasteiger partial charge in [0.1, 0.15) is 0 Å². The second kappa shape index (κ2) is 5.08. The van der Waals surface area contributed by atoms with Crippen molar-refractivity contribution in [3.05, 3.63) is 0 Å². The fourth-order valence-electron chi connectivity index (χ4n) is 3.17. The first-order valence-corrected chi connectivity index (χ1v) is 7.12. The molecule has 0 bridgehead atoms. The maximum atomic E-state index is 5.48. The number of nitrogens with zero attached hydrogens (tertiary/aromatic N) is 2. The van der Waals surface area contributed by atoms with E-state index in [0.29, 0.717) is 12.1 Å². The zero-order valence-electron chi connectivity index (χ0n) is 10.2. The Morgan fingerprint density at radius 3 is 2.82 bits per heavy atom. The predicted molar refractivity (Wildman–Crippen MR) is 70.9 cm³/mol. The summed E-state index contributed by atoms with van der Waals surface area (Å²) < 4.78 is 5.39. The summed E-state index contributed by atoms with van der Waals surface area (Å²) in [4.78, 5) is 4.86. The van der Waals surface area contributed by atoms with Crippen LogP contribution in [-0.2, 0) is 4.74 Å². The molecule has 1 saturated carbocycles. The second-order valence-corrected chi connectivity index (χ2v) is 5.64. The summed E-state index contributed by atoms with van der Waals surface area (Å²) in [6, 6.07) is 1.25. The summed E-state index contributed by atoms with van der Waals surface area (Å²) in [5, 5.41) is 4.46. The average Bonchev–Trinajstić information content (AvgIpc) is 2.68. The lowest BCUT2D eigenvalue weighted by Crippen LogP contribution is -2.48. The van der Waals surface area contributed by atoms with E-state index in [0.717, 1.165) is 38.1 Å². The Balaban J connectivity index is 1.62. The number of hydrogen-bond acceptors (Lipinski definition) is 3. The lowest BCUT2D eigenvalue weighted by Gasteiger charge is -2.36. The van der Waals surface area contributed by atoms with Crippen LogP contribution in [-0.4, -0.2) is 60.0 Å². The zero-order chi connectivity index (χ0) is 11.7. The first-order valence-electron chi connectivity index (χ1n) is 6.72. The molecular formula is C12H21N3OS. The first kappa shape index (κ1) is 11.7. The molecule has 0 unspecified atom stereocenters. The molecule has 0 aromatic rings. The van der Waals surface area contributed by atoms with Crippen LogP contribution in [0.4, 0.5) is 0 Å². The van der Waals surface area contributed by atoms with E-state index in [1.54, 1.807) is 0 Å². The van der Waals surface area contributed by atoms with E-state index in [9.17, 15) is 0 Å². The minimum atomic E-state index is 0.609. The highest BCUT2D eigenvalue weighted by atomic mass is 32.1. The van der Waals surface area contributed by atoms with Crippen molar-refractivity contribution in [1.82, 2.24) is 15.1 Å². The summed E-state index contributed by atoms with van der Waals surface area (Å²) >= 11 is 5.48. The molecule has 1 aliphatic carbocycles. The molecule has 2 aliphatic heterocycles. The van der Waals surface area contributed by atoms with Crippen LogP contribution in [0.25, 0.3) is 0 Å². The Morgan fingerprint density at radius 2 is 2.00 bits per heavy atom. The Bertz CT molecular complexity index is 293. The number of hydrogen-bond donors (Lipinski definition) is 1. The average molecular weight is 255 g/mol. The molecule has 1 N–H and O–H groups in total. The summed E-state index contributed by atoms with van der Waals surface area (Å²) in [7, 11) is 0. The van der Waals surface area contributed by atoms with Crippen molar-refractivity contribution in [2.24, 2.45) is 0 Å². The Hall–Kier alpha value is -0.390. The van der Waals surface area contributed by atoms with Crippen molar-refractivity contribution in [2.45, 2.75) is 37.8 Å². The monoisotopic (exact) mass is 255 g/mol. The highest BCUT2D eigenvalue weighted by Crippen LogP contribution is 2.28. The van der Waals surface area contributed by atoms with Gasteiger partial charge in [0, 0.05) is 19.1 Å². The van der Waals surface area contributed by atoms with E-state index in [1.165, 1.54) is 25.7 Å². The van der Waals surface area contributed by atoms with Gasteiger partial charge in [0.25, 0.3) is 0 Å². The van der Waals surface area contributed by atoms with Gasteiger partial charge in [-0.25, -0.2) is 0 Å². The maximum Gasteiger partial charge on any atom is 0.170 e. The van der Waals surface area contributed by atoms with Gasteiger partial charge in [-0.15, -0.1) is 0 Å². The number of nitrogens with one attached hydrogen (secondary N) is 1. The van der Waals surface area contributed by atoms with Crippen LogP contribution in [0.1, 0.15) is 25.7 Å². The molecular weight excluding hydrogens is 234 g/mol. The molecule has 0 spiro atoms. The molecule has 5 heteroatoms. The lowest BCUT2D eigenvalue weighted by molar-refractivity contribution is 0.0159. The van der Waals surface area contributed by atoms with Crippen LogP contribution in [0.2, 0.25) is 0 Å². The highest BCUT2D eigenvalue weighted by molar-refractivity contribution is 7.80. The van der Waals surface area contributed by atoms with Gasteiger partial charge < -0.3 is 15.0 Å². The Kier molecular flexibility index (Phi) is 3.49. The molecule has 0 aromatic carbocycles. The summed E-state index contributed by atoms with van der Waals surface area (Å²) in [5.41, 5.74) is 0. The quantitative estimate of drug-likeness (QED) is 0.736. The molecule has 2 saturated heterocycles. The van der Waals surface area contributed by atoms with E-state index < -0.39 is 0 Å². The van der Waals surface area contributed by atoms with Crippen LogP contribution in [0.5, 0.6) is 0 Å². The SMILES string of the molecule is S=C1N[C@H]2CCCC[C@H]2N1CN1CCOCC1. The molecule has 96 valence electrons. The van der Waals surface area contributed by atoms with Crippen molar-refractivity contribution < 1.29 is 4.74 Å². The van der Waals surface area contributed by atoms with Gasteiger partial charge in [0.05, 0.1) is 25.9 Å². The minimum absolute atomic E-state index is 0.609. The van der Waals surface area contributed by atoms with Crippen molar-refractivity contribution in [3.8, 4) is 0 Å². The van der Waals surface area contributed by atoms with Gasteiger partial charge >= 0.3 is 0 Å². The van der Waals surface area contributed by atoms with E-state index >= 15 is 0 Å². The third-order valence-electron chi connectivity index (χ3n) is 4.16. The molecule has 3 aliphatic rings. The van der Waals surface area contributed by atoms with Crippen molar-refractivity contribution in [3.63, 3.8) is 0 Å². The number of rotatable bonds is 2. The van der Waals surface area contributed by atoms with E-state index in [2.05, 4.69) is 15.1 Å². The van der Waals surface area contributed by atoms with E-state index in [4.69, 9.17) is 17.0 Å². The Morgan fingerprint density at radius 1 is 1.24 bits per heavy atom. The third kappa shape index (κ3) is 2.41. The highest BCUT2D eigenvalue weighted by Gasteiger charge is 2.38. The number of morpholine rings is 1. The minimum Gasteiger partial charge on any atom is -0.379 e. The molecule has 0 radical (unpaired) electrons. The fraction of sp³-hybridized carbons (Fsp3) is 0.917. The molecule has 3 fully saturated rings. The molecule has 2 heterocycles. The van der Waals surface area contributed by atoms with Crippen LogP contribution in [0, 0.1) is 0 Å². The normalized spacial score (nSPS) is 34.6. The Labute approximate surface area is 108 Å². The molecule has 3 rings (SSSR count). The fourth-order valence-corrected chi connectivity index (χ4v) is 3.52. The van der Waals surface area contributed by atoms with Gasteiger partial charge in [-0.2, -0.15) is 0 Å². The van der Waals surface area contributed by atoms with Gasteiger partial charge in [-0.3, -0.25) is 4.90 Å². The van der Waals surface area contributed by atoms with Gasteiger partial charge in [0.2, 0.25) is 0 Å². The molecule has 0 aromatic heterocycles. The van der Waals surface area contributed by atoms with Gasteiger partial charge in [-0.1, -0.05) is 12.8 Å². The first-order chi connectivity index (χ1) is 8.34. The summed E-state index contributed by atoms with van der Waals surface area (Å²) in [6.45, 7) is 4.79. The van der Waals surface area contributed by atoms with Crippen LogP contribution in [0.15, 0.2) is 0 Å². The number of ether oxygens (including phenoxy) is 1. The largest absolute Gasteiger partial charge is 0.379 e. The van der Waals surface area contributed by atoms with Gasteiger partial charge in [-0.05, 0) is 25.1 Å². The number of thiocarbonyl (C=S) groups is 1. The molecule has 2 atom stereocenters. The molecule has 4 nitrogen and oxygen atoms in total. The van der Waals surface area contributed by atoms with Crippen molar-refractivity contribution in [1.29, 1.82) is 0 Å². The summed E-state index contributed by atoms with van der Waals surface area (Å²) in [5.74, 6) is 0. The van der Waals surface area contributed by atoms with Crippen molar-refractivity contribution >= 4 is 17.3 Å². The number of fused-ring (bicyclic) bond motifs is 1. The molecule has 17 heavy (non-hydrogen) atoms. The maximum absolute atomic E-state index is 5.48. The van der Waals surface area contributed by atoms with E-state index in [-0.39, 0.29) is 0 Å². The lowest BCUT2D eigenvalue weighted by atomic mass is 9.91. The van der Waals surface area contributed by atoms with Gasteiger partial charge in [0.15, 0.2) is 5.11 Å². The predicted octanol–water partition coefficient (Wildman–Crippen LogP) is 0.777. The zero-order valence-corrected chi connectivity index (χ0v) is 11.0. The summed E-state index contributed by atoms with van der Waals surface area (Å²) in [6.07, 6.45) is 5.28. The molecule has 0 amide bonds.